The van der Waals surface area contributed by atoms with Crippen molar-refractivity contribution in [1.29, 1.82) is 0 Å². The molecule has 0 heterocycles. The fourth-order valence-corrected chi connectivity index (χ4v) is 2.26. The largest absolute Gasteiger partial charge is 0.350 e. The predicted molar refractivity (Wildman–Crippen MR) is 87.3 cm³/mol. The molecule has 0 aromatic heterocycles. The van der Waals surface area contributed by atoms with Gasteiger partial charge in [0.2, 0.25) is 10.0 Å². The number of likely N-dealkylation sites (N-methyl/N-ethyl adjacent to an activating group) is 1. The zero-order valence-corrected chi connectivity index (χ0v) is 14.5. The van der Waals surface area contributed by atoms with E-state index in [1.165, 1.54) is 6.92 Å². The van der Waals surface area contributed by atoms with Crippen molar-refractivity contribution in [3.05, 3.63) is 33.4 Å². The Morgan fingerprint density at radius 2 is 2.00 bits per heavy atom. The van der Waals surface area contributed by atoms with Gasteiger partial charge in [0.25, 0.3) is 11.6 Å². The van der Waals surface area contributed by atoms with Crippen molar-refractivity contribution in [3.63, 3.8) is 0 Å². The van der Waals surface area contributed by atoms with Gasteiger partial charge < -0.3 is 10.6 Å². The summed E-state index contributed by atoms with van der Waals surface area (Å²) in [5, 5.41) is 21.5. The maximum atomic E-state index is 12.1. The summed E-state index contributed by atoms with van der Waals surface area (Å²) in [7, 11) is -2.45. The van der Waals surface area contributed by atoms with Crippen LogP contribution in [0.1, 0.15) is 22.8 Å². The summed E-state index contributed by atoms with van der Waals surface area (Å²) in [4.78, 5) is 21.9. The van der Waals surface area contributed by atoms with Gasteiger partial charge in [-0.2, -0.15) is 0 Å². The zero-order valence-electron chi connectivity index (χ0n) is 12.8. The minimum atomic E-state index is -4.16. The molecular weight excluding hydrogens is 348 g/mol. The van der Waals surface area contributed by atoms with Crippen LogP contribution in [0.25, 0.3) is 0 Å². The number of sulfonamides is 1. The van der Waals surface area contributed by atoms with Gasteiger partial charge in [0, 0.05) is 24.2 Å². The number of hydrogen-bond donors (Lipinski definition) is 3. The smallest absolute Gasteiger partial charge is 0.274 e. The quantitative estimate of drug-likeness (QED) is 0.488. The monoisotopic (exact) mass is 366 g/mol. The zero-order chi connectivity index (χ0) is 17.1. The Balaban J connectivity index is 0.00000484. The number of carbonyl (C=O) groups excluding carboxylic acids is 1. The van der Waals surface area contributed by atoms with Crippen LogP contribution in [0.15, 0.2) is 17.0 Å². The molecule has 11 heteroatoms. The number of nitrogens with two attached hydrogens (primary N) is 1. The lowest BCUT2D eigenvalue weighted by atomic mass is 10.1. The number of amides is 1. The molecule has 0 fully saturated rings. The van der Waals surface area contributed by atoms with Crippen LogP contribution in [0.5, 0.6) is 0 Å². The van der Waals surface area contributed by atoms with E-state index in [0.717, 1.165) is 12.1 Å². The molecule has 0 aliphatic rings. The summed E-state index contributed by atoms with van der Waals surface area (Å²) in [5.41, 5.74) is -0.494. The van der Waals surface area contributed by atoms with E-state index in [4.69, 9.17) is 5.14 Å². The number of rotatable bonds is 6. The van der Waals surface area contributed by atoms with E-state index in [1.807, 2.05) is 6.92 Å². The van der Waals surface area contributed by atoms with E-state index in [9.17, 15) is 23.3 Å². The summed E-state index contributed by atoms with van der Waals surface area (Å²) < 4.78 is 22.8. The molecule has 0 radical (unpaired) electrons. The van der Waals surface area contributed by atoms with Crippen molar-refractivity contribution in [1.82, 2.24) is 10.6 Å². The van der Waals surface area contributed by atoms with Gasteiger partial charge in [-0.25, -0.2) is 13.6 Å². The van der Waals surface area contributed by atoms with Crippen LogP contribution in [-0.2, 0) is 10.0 Å². The summed E-state index contributed by atoms with van der Waals surface area (Å²) in [6.07, 6.45) is 0. The lowest BCUT2D eigenvalue weighted by Gasteiger charge is -2.13. The number of nitrogens with one attached hydrogen (secondary N) is 2. The Morgan fingerprint density at radius 3 is 2.43 bits per heavy atom. The van der Waals surface area contributed by atoms with Crippen molar-refractivity contribution in [3.8, 4) is 0 Å². The second-order valence-corrected chi connectivity index (χ2v) is 6.38. The van der Waals surface area contributed by atoms with Gasteiger partial charge >= 0.3 is 0 Å². The minimum Gasteiger partial charge on any atom is -0.350 e. The molecule has 0 saturated heterocycles. The molecule has 1 aromatic rings. The van der Waals surface area contributed by atoms with Crippen LogP contribution in [0, 0.1) is 17.0 Å². The Labute approximate surface area is 140 Å². The van der Waals surface area contributed by atoms with E-state index in [1.54, 1.807) is 7.05 Å². The van der Waals surface area contributed by atoms with Crippen molar-refractivity contribution < 1.29 is 18.1 Å². The molecule has 1 aromatic carbocycles. The fraction of sp³-hybridized carbons (Fsp3) is 0.417. The molecule has 23 heavy (non-hydrogen) atoms. The van der Waals surface area contributed by atoms with Gasteiger partial charge in [-0.1, -0.05) is 0 Å². The summed E-state index contributed by atoms with van der Waals surface area (Å²) in [5.74, 6) is -0.604. The highest BCUT2D eigenvalue weighted by atomic mass is 35.5. The average molecular weight is 367 g/mol. The third-order valence-electron chi connectivity index (χ3n) is 3.19. The van der Waals surface area contributed by atoms with Gasteiger partial charge in [0.15, 0.2) is 0 Å². The Bertz CT molecular complexity index is 708. The number of halogens is 1. The molecule has 130 valence electrons. The minimum absolute atomic E-state index is 0. The van der Waals surface area contributed by atoms with E-state index < -0.39 is 31.4 Å². The molecule has 9 nitrogen and oxygen atoms in total. The Hall–Kier alpha value is -1.75. The van der Waals surface area contributed by atoms with Crippen molar-refractivity contribution in [2.75, 3.05) is 13.6 Å². The maximum Gasteiger partial charge on any atom is 0.274 e. The third kappa shape index (κ3) is 5.43. The van der Waals surface area contributed by atoms with Crippen molar-refractivity contribution in [2.24, 2.45) is 5.14 Å². The van der Waals surface area contributed by atoms with Gasteiger partial charge in [-0.15, -0.1) is 12.4 Å². The Morgan fingerprint density at radius 1 is 1.43 bits per heavy atom. The molecule has 0 aliphatic heterocycles. The number of nitro benzene ring substituents is 1. The highest BCUT2D eigenvalue weighted by Gasteiger charge is 2.24. The van der Waals surface area contributed by atoms with Crippen LogP contribution < -0.4 is 15.8 Å². The maximum absolute atomic E-state index is 12.1. The first-order valence-electron chi connectivity index (χ1n) is 6.35. The molecule has 1 rings (SSSR count). The number of nitrogens with zero attached hydrogens (tertiary/aromatic N) is 1. The SMILES string of the molecule is CNC(C)CNC(=O)c1cc(S(N)(=O)=O)cc([N+](=O)[O-])c1C.Cl. The van der Waals surface area contributed by atoms with E-state index >= 15 is 0 Å². The van der Waals surface area contributed by atoms with Crippen molar-refractivity contribution >= 4 is 34.0 Å². The first-order valence-corrected chi connectivity index (χ1v) is 7.89. The van der Waals surface area contributed by atoms with Crippen LogP contribution >= 0.6 is 12.4 Å². The van der Waals surface area contributed by atoms with Gasteiger partial charge in [0.1, 0.15) is 0 Å². The second kappa shape index (κ2) is 8.20. The van der Waals surface area contributed by atoms with E-state index in [2.05, 4.69) is 10.6 Å². The van der Waals surface area contributed by atoms with E-state index in [-0.39, 0.29) is 36.1 Å². The molecule has 0 aliphatic carbocycles. The third-order valence-corrected chi connectivity index (χ3v) is 4.08. The highest BCUT2D eigenvalue weighted by molar-refractivity contribution is 7.89. The van der Waals surface area contributed by atoms with Crippen LogP contribution in [-0.4, -0.2) is 38.9 Å². The van der Waals surface area contributed by atoms with E-state index in [0.29, 0.717) is 0 Å². The van der Waals surface area contributed by atoms with Gasteiger partial charge in [0.05, 0.1) is 15.4 Å². The van der Waals surface area contributed by atoms with Crippen molar-refractivity contribution in [2.45, 2.75) is 24.8 Å². The molecule has 1 amide bonds. The molecule has 1 unspecified atom stereocenters. The highest BCUT2D eigenvalue weighted by Crippen LogP contribution is 2.25. The summed E-state index contributed by atoms with van der Waals surface area (Å²) >= 11 is 0. The number of primary sulfonamides is 1. The first-order chi connectivity index (χ1) is 10.1. The summed E-state index contributed by atoms with van der Waals surface area (Å²) in [6.45, 7) is 3.49. The molecule has 4 N–H and O–H groups in total. The molecule has 0 bridgehead atoms. The lowest BCUT2D eigenvalue weighted by molar-refractivity contribution is -0.385. The first kappa shape index (κ1) is 21.2. The average Bonchev–Trinajstić information content (AvgIpc) is 2.42. The standard InChI is InChI=1S/C12H18N4O5S.ClH/c1-7(14-3)6-15-12(17)10-4-9(22(13,20)21)5-11(8(10)2)16(18)19;/h4-5,7,14H,6H2,1-3H3,(H,15,17)(H2,13,20,21);1H. The molecular formula is C12H19ClN4O5S. The number of benzene rings is 1. The lowest BCUT2D eigenvalue weighted by Crippen LogP contribution is -2.37. The normalized spacial score (nSPS) is 12.2. The molecule has 0 saturated carbocycles. The van der Waals surface area contributed by atoms with Crippen LogP contribution in [0.4, 0.5) is 5.69 Å². The number of carbonyl (C=O) groups is 1. The second-order valence-electron chi connectivity index (χ2n) is 4.82. The number of hydrogen-bond acceptors (Lipinski definition) is 6. The summed E-state index contributed by atoms with van der Waals surface area (Å²) in [6, 6.07) is 1.87. The van der Waals surface area contributed by atoms with Crippen LogP contribution in [0.3, 0.4) is 0 Å². The topological polar surface area (TPSA) is 144 Å². The predicted octanol–water partition coefficient (Wildman–Crippen LogP) is 0.310. The molecule has 0 spiro atoms. The van der Waals surface area contributed by atoms with Gasteiger partial charge in [-0.3, -0.25) is 14.9 Å². The van der Waals surface area contributed by atoms with Gasteiger partial charge in [-0.05, 0) is 27.0 Å². The Kier molecular flexibility index (Phi) is 7.58. The fourth-order valence-electron chi connectivity index (χ4n) is 1.71. The molecule has 1 atom stereocenters. The number of nitro groups is 1. The van der Waals surface area contributed by atoms with Crippen LogP contribution in [0.2, 0.25) is 0 Å².